The highest BCUT2D eigenvalue weighted by molar-refractivity contribution is 5.84. The first kappa shape index (κ1) is 13.6. The lowest BCUT2D eigenvalue weighted by molar-refractivity contribution is -0.134. The van der Waals surface area contributed by atoms with Crippen molar-refractivity contribution in [3.05, 3.63) is 0 Å². The van der Waals surface area contributed by atoms with Crippen molar-refractivity contribution in [1.29, 1.82) is 0 Å². The van der Waals surface area contributed by atoms with Crippen LogP contribution in [0.25, 0.3) is 0 Å². The van der Waals surface area contributed by atoms with Crippen molar-refractivity contribution in [2.75, 3.05) is 6.61 Å². The molecule has 2 heteroatoms. The van der Waals surface area contributed by atoms with Gasteiger partial charge in [-0.3, -0.25) is 4.79 Å². The summed E-state index contributed by atoms with van der Waals surface area (Å²) in [5, 5.41) is 0. The second kappa shape index (κ2) is 6.99. The molecule has 0 aromatic carbocycles. The summed E-state index contributed by atoms with van der Waals surface area (Å²) in [5.41, 5.74) is 0. The minimum atomic E-state index is -0.178. The monoisotopic (exact) mass is 200 g/mol. The highest BCUT2D eigenvalue weighted by atomic mass is 16.5. The quantitative estimate of drug-likeness (QED) is 0.631. The topological polar surface area (TPSA) is 26.3 Å². The number of ketones is 1. The Kier molecular flexibility index (Phi) is 6.81. The predicted octanol–water partition coefficient (Wildman–Crippen LogP) is 3.05. The summed E-state index contributed by atoms with van der Waals surface area (Å²) in [5.74, 6) is 0.820. The first-order valence-corrected chi connectivity index (χ1v) is 5.64. The van der Waals surface area contributed by atoms with Crippen molar-refractivity contribution in [3.63, 3.8) is 0 Å². The maximum absolute atomic E-state index is 11.7. The normalized spacial score (nSPS) is 13.6. The molecule has 0 saturated carbocycles. The Morgan fingerprint density at radius 3 is 2.14 bits per heavy atom. The summed E-state index contributed by atoms with van der Waals surface area (Å²) in [6, 6.07) is 0. The number of ether oxygens (including phenoxy) is 1. The average molecular weight is 200 g/mol. The van der Waals surface area contributed by atoms with E-state index in [1.807, 2.05) is 13.8 Å². The Bertz CT molecular complexity index is 162. The Hall–Kier alpha value is -0.370. The molecule has 0 aliphatic rings. The first-order valence-electron chi connectivity index (χ1n) is 5.64. The summed E-state index contributed by atoms with van der Waals surface area (Å²) in [6.07, 6.45) is 1.67. The van der Waals surface area contributed by atoms with E-state index in [-0.39, 0.29) is 17.8 Å². The molecule has 0 spiro atoms. The maximum Gasteiger partial charge on any atom is 0.164 e. The smallest absolute Gasteiger partial charge is 0.164 e. The van der Waals surface area contributed by atoms with Crippen LogP contribution >= 0.6 is 0 Å². The van der Waals surface area contributed by atoms with E-state index >= 15 is 0 Å². The van der Waals surface area contributed by atoms with E-state index in [4.69, 9.17) is 4.74 Å². The van der Waals surface area contributed by atoms with Gasteiger partial charge in [0, 0.05) is 12.5 Å². The van der Waals surface area contributed by atoms with Crippen molar-refractivity contribution in [2.45, 2.75) is 53.6 Å². The van der Waals surface area contributed by atoms with Crippen LogP contribution in [0.4, 0.5) is 0 Å². The van der Waals surface area contributed by atoms with Gasteiger partial charge in [0.15, 0.2) is 5.78 Å². The van der Waals surface area contributed by atoms with E-state index in [1.54, 1.807) is 0 Å². The molecule has 0 radical (unpaired) electrons. The van der Waals surface area contributed by atoms with Crippen LogP contribution in [0.15, 0.2) is 0 Å². The molecule has 0 aliphatic heterocycles. The van der Waals surface area contributed by atoms with Gasteiger partial charge in [0.1, 0.15) is 6.10 Å². The van der Waals surface area contributed by atoms with Gasteiger partial charge in [-0.1, -0.05) is 41.0 Å². The average Bonchev–Trinajstić information content (AvgIpc) is 2.10. The van der Waals surface area contributed by atoms with Gasteiger partial charge in [0.05, 0.1) is 0 Å². The van der Waals surface area contributed by atoms with Crippen LogP contribution in [0, 0.1) is 11.8 Å². The van der Waals surface area contributed by atoms with Gasteiger partial charge in [-0.05, 0) is 12.3 Å². The van der Waals surface area contributed by atoms with Crippen molar-refractivity contribution in [2.24, 2.45) is 11.8 Å². The largest absolute Gasteiger partial charge is 0.370 e. The van der Waals surface area contributed by atoms with E-state index in [2.05, 4.69) is 20.8 Å². The molecule has 0 amide bonds. The van der Waals surface area contributed by atoms with Crippen LogP contribution in [-0.2, 0) is 9.53 Å². The lowest BCUT2D eigenvalue weighted by atomic mass is 10.0. The second-order valence-corrected chi connectivity index (χ2v) is 4.56. The number of hydrogen-bond acceptors (Lipinski definition) is 2. The Labute approximate surface area is 88.0 Å². The molecule has 1 atom stereocenters. The van der Waals surface area contributed by atoms with Crippen molar-refractivity contribution < 1.29 is 9.53 Å². The molecule has 14 heavy (non-hydrogen) atoms. The minimum Gasteiger partial charge on any atom is -0.370 e. The molecule has 0 saturated heterocycles. The fourth-order valence-corrected chi connectivity index (χ4v) is 1.25. The third kappa shape index (κ3) is 5.38. The lowest BCUT2D eigenvalue weighted by Gasteiger charge is -2.19. The summed E-state index contributed by atoms with van der Waals surface area (Å²) in [7, 11) is 0. The van der Waals surface area contributed by atoms with Crippen LogP contribution in [0.2, 0.25) is 0 Å². The number of rotatable bonds is 7. The molecule has 0 fully saturated rings. The highest BCUT2D eigenvalue weighted by Gasteiger charge is 2.20. The zero-order valence-corrected chi connectivity index (χ0v) is 10.2. The molecule has 0 rings (SSSR count). The van der Waals surface area contributed by atoms with Crippen LogP contribution in [0.5, 0.6) is 0 Å². The van der Waals surface area contributed by atoms with Crippen molar-refractivity contribution in [1.82, 2.24) is 0 Å². The molecule has 0 heterocycles. The summed E-state index contributed by atoms with van der Waals surface area (Å²) < 4.78 is 5.62. The van der Waals surface area contributed by atoms with Crippen LogP contribution in [0.3, 0.4) is 0 Å². The van der Waals surface area contributed by atoms with Crippen molar-refractivity contribution in [3.8, 4) is 0 Å². The maximum atomic E-state index is 11.7. The number of carbonyl (C=O) groups is 1. The highest BCUT2D eigenvalue weighted by Crippen LogP contribution is 2.11. The summed E-state index contributed by atoms with van der Waals surface area (Å²) in [4.78, 5) is 11.7. The number of Topliss-reactive ketones (excluding diaryl/α,β-unsaturated/α-hetero) is 1. The molecule has 0 aromatic heterocycles. The van der Waals surface area contributed by atoms with Crippen LogP contribution in [0.1, 0.15) is 47.5 Å². The molecule has 0 aliphatic carbocycles. The van der Waals surface area contributed by atoms with Gasteiger partial charge in [-0.25, -0.2) is 0 Å². The van der Waals surface area contributed by atoms with Crippen LogP contribution in [-0.4, -0.2) is 18.5 Å². The Morgan fingerprint density at radius 1 is 1.21 bits per heavy atom. The van der Waals surface area contributed by atoms with Gasteiger partial charge in [0.2, 0.25) is 0 Å². The molecule has 0 bridgehead atoms. The fraction of sp³-hybridized carbons (Fsp3) is 0.917. The minimum absolute atomic E-state index is 0.0821. The lowest BCUT2D eigenvalue weighted by Crippen LogP contribution is -2.29. The molecule has 0 N–H and O–H groups in total. The first-order chi connectivity index (χ1) is 6.49. The van der Waals surface area contributed by atoms with Gasteiger partial charge >= 0.3 is 0 Å². The third-order valence-corrected chi connectivity index (χ3v) is 2.07. The van der Waals surface area contributed by atoms with E-state index < -0.39 is 0 Å². The standard InChI is InChI=1S/C12H24O2/c1-6-7-11(12(13)10(4)5)14-8-9(2)3/h9-11H,6-8H2,1-5H3/t11-/m0/s1. The van der Waals surface area contributed by atoms with E-state index in [0.717, 1.165) is 12.8 Å². The van der Waals surface area contributed by atoms with Crippen LogP contribution < -0.4 is 0 Å². The third-order valence-electron chi connectivity index (χ3n) is 2.07. The molecule has 2 nitrogen and oxygen atoms in total. The zero-order chi connectivity index (χ0) is 11.1. The van der Waals surface area contributed by atoms with E-state index in [0.29, 0.717) is 12.5 Å². The molecule has 0 aromatic rings. The molecule has 84 valence electrons. The predicted molar refractivity (Wildman–Crippen MR) is 59.3 cm³/mol. The number of hydrogen-bond donors (Lipinski definition) is 0. The van der Waals surface area contributed by atoms with E-state index in [1.165, 1.54) is 0 Å². The van der Waals surface area contributed by atoms with E-state index in [9.17, 15) is 4.79 Å². The second-order valence-electron chi connectivity index (χ2n) is 4.56. The van der Waals surface area contributed by atoms with Gasteiger partial charge < -0.3 is 4.74 Å². The zero-order valence-electron chi connectivity index (χ0n) is 10.2. The Balaban J connectivity index is 4.07. The fourth-order valence-electron chi connectivity index (χ4n) is 1.25. The summed E-state index contributed by atoms with van der Waals surface area (Å²) in [6.45, 7) is 10.8. The SMILES string of the molecule is CCC[C@H](OCC(C)C)C(=O)C(C)C. The Morgan fingerprint density at radius 2 is 1.79 bits per heavy atom. The van der Waals surface area contributed by atoms with Gasteiger partial charge in [-0.15, -0.1) is 0 Å². The van der Waals surface area contributed by atoms with Gasteiger partial charge in [-0.2, -0.15) is 0 Å². The number of carbonyl (C=O) groups excluding carboxylic acids is 1. The molecular formula is C12H24O2. The molecular weight excluding hydrogens is 176 g/mol. The summed E-state index contributed by atoms with van der Waals surface area (Å²) >= 11 is 0. The van der Waals surface area contributed by atoms with Gasteiger partial charge in [0.25, 0.3) is 0 Å². The molecule has 0 unspecified atom stereocenters. The van der Waals surface area contributed by atoms with Crippen molar-refractivity contribution >= 4 is 5.78 Å².